The third kappa shape index (κ3) is 5.90. The predicted molar refractivity (Wildman–Crippen MR) is 122 cm³/mol. The van der Waals surface area contributed by atoms with Crippen molar-refractivity contribution in [1.82, 2.24) is 15.4 Å². The van der Waals surface area contributed by atoms with Gasteiger partial charge in [0.1, 0.15) is 11.6 Å². The summed E-state index contributed by atoms with van der Waals surface area (Å²) in [4.78, 5) is 18.8. The van der Waals surface area contributed by atoms with Gasteiger partial charge in [-0.1, -0.05) is 29.4 Å². The minimum atomic E-state index is -0.769. The number of halogens is 2. The highest BCUT2D eigenvalue weighted by molar-refractivity contribution is 5.93. The van der Waals surface area contributed by atoms with Gasteiger partial charge in [0.25, 0.3) is 5.91 Å². The van der Waals surface area contributed by atoms with Crippen LogP contribution in [-0.4, -0.2) is 42.3 Å². The van der Waals surface area contributed by atoms with E-state index >= 15 is 0 Å². The van der Waals surface area contributed by atoms with Gasteiger partial charge >= 0.3 is 0 Å². The van der Waals surface area contributed by atoms with E-state index in [9.17, 15) is 13.6 Å². The fraction of sp³-hybridized carbons (Fsp3) is 0.320. The van der Waals surface area contributed by atoms with E-state index in [1.165, 1.54) is 17.7 Å². The average molecular weight is 453 g/mol. The molecule has 0 aliphatic carbocycles. The van der Waals surface area contributed by atoms with Crippen LogP contribution in [0.15, 0.2) is 58.0 Å². The standard InChI is InChI=1S/C25H26F2N4O2/c1-28-14-17-2-4-19(5-3-17)16-31-10-8-18(9-11-31)15-29-25(32)23-13-24(33-30-23)21-7-6-20(26)12-22(21)27/h2-7,12-13,18H,1,8-11,14-16H2,(H,29,32). The Labute approximate surface area is 191 Å². The van der Waals surface area contributed by atoms with Gasteiger partial charge in [-0.2, -0.15) is 0 Å². The van der Waals surface area contributed by atoms with E-state index < -0.39 is 11.6 Å². The lowest BCUT2D eigenvalue weighted by molar-refractivity contribution is 0.0926. The number of nitrogens with zero attached hydrogens (tertiary/aromatic N) is 3. The van der Waals surface area contributed by atoms with Crippen molar-refractivity contribution < 1.29 is 18.1 Å². The van der Waals surface area contributed by atoms with Crippen molar-refractivity contribution in [2.45, 2.75) is 25.9 Å². The van der Waals surface area contributed by atoms with Crippen LogP contribution in [0.5, 0.6) is 0 Å². The number of aliphatic imine (C=N–C) groups is 1. The summed E-state index contributed by atoms with van der Waals surface area (Å²) in [5.74, 6) is -1.36. The average Bonchev–Trinajstić information content (AvgIpc) is 3.30. The van der Waals surface area contributed by atoms with Gasteiger partial charge in [-0.3, -0.25) is 14.7 Å². The van der Waals surface area contributed by atoms with Crippen LogP contribution in [0.3, 0.4) is 0 Å². The molecule has 0 radical (unpaired) electrons. The maximum atomic E-state index is 13.9. The van der Waals surface area contributed by atoms with Gasteiger partial charge in [0, 0.05) is 25.2 Å². The van der Waals surface area contributed by atoms with E-state index in [4.69, 9.17) is 4.52 Å². The number of carbonyl (C=O) groups is 1. The fourth-order valence-electron chi connectivity index (χ4n) is 4.01. The molecule has 0 unspecified atom stereocenters. The maximum Gasteiger partial charge on any atom is 0.273 e. The third-order valence-corrected chi connectivity index (χ3v) is 5.92. The summed E-state index contributed by atoms with van der Waals surface area (Å²) in [6.07, 6.45) is 1.98. The van der Waals surface area contributed by atoms with Crippen molar-refractivity contribution >= 4 is 12.6 Å². The molecular weight excluding hydrogens is 426 g/mol. The molecule has 1 saturated heterocycles. The van der Waals surface area contributed by atoms with E-state index in [-0.39, 0.29) is 22.9 Å². The van der Waals surface area contributed by atoms with Crippen LogP contribution in [0.1, 0.15) is 34.5 Å². The molecule has 3 aromatic rings. The molecule has 1 amide bonds. The molecule has 33 heavy (non-hydrogen) atoms. The van der Waals surface area contributed by atoms with Crippen molar-refractivity contribution in [3.05, 3.63) is 77.0 Å². The molecule has 1 N–H and O–H groups in total. The highest BCUT2D eigenvalue weighted by Gasteiger charge is 2.21. The van der Waals surface area contributed by atoms with Crippen LogP contribution in [0.25, 0.3) is 11.3 Å². The third-order valence-electron chi connectivity index (χ3n) is 5.92. The zero-order valence-electron chi connectivity index (χ0n) is 18.3. The Balaban J connectivity index is 1.23. The van der Waals surface area contributed by atoms with Crippen LogP contribution in [0.4, 0.5) is 8.78 Å². The quantitative estimate of drug-likeness (QED) is 0.512. The molecule has 1 aliphatic rings. The Morgan fingerprint density at radius 3 is 2.55 bits per heavy atom. The molecule has 172 valence electrons. The lowest BCUT2D eigenvalue weighted by atomic mass is 9.96. The number of carbonyl (C=O) groups excluding carboxylic acids is 1. The first-order valence-electron chi connectivity index (χ1n) is 10.9. The van der Waals surface area contributed by atoms with Crippen molar-refractivity contribution in [1.29, 1.82) is 0 Å². The number of benzene rings is 2. The number of rotatable bonds is 8. The second-order valence-electron chi connectivity index (χ2n) is 8.33. The molecule has 2 aromatic carbocycles. The summed E-state index contributed by atoms with van der Waals surface area (Å²) in [7, 11) is 0. The van der Waals surface area contributed by atoms with Gasteiger partial charge in [0.05, 0.1) is 12.1 Å². The van der Waals surface area contributed by atoms with Gasteiger partial charge < -0.3 is 9.84 Å². The van der Waals surface area contributed by atoms with Crippen LogP contribution < -0.4 is 5.32 Å². The van der Waals surface area contributed by atoms with Crippen LogP contribution >= 0.6 is 0 Å². The molecule has 1 fully saturated rings. The van der Waals surface area contributed by atoms with Gasteiger partial charge in [-0.15, -0.1) is 0 Å². The number of likely N-dealkylation sites (tertiary alicyclic amines) is 1. The molecule has 0 saturated carbocycles. The highest BCUT2D eigenvalue weighted by atomic mass is 19.1. The minimum absolute atomic E-state index is 0.0577. The second-order valence-corrected chi connectivity index (χ2v) is 8.33. The molecule has 0 bridgehead atoms. The Bertz CT molecular complexity index is 1110. The number of piperidine rings is 1. The number of aromatic nitrogens is 1. The molecule has 0 atom stereocenters. The SMILES string of the molecule is C=NCc1ccc(CN2CCC(CNC(=O)c3cc(-c4ccc(F)cc4F)on3)CC2)cc1. The van der Waals surface area contributed by atoms with Crippen LogP contribution in [0, 0.1) is 17.6 Å². The molecule has 4 rings (SSSR count). The second kappa shape index (κ2) is 10.5. The normalized spacial score (nSPS) is 14.8. The van der Waals surface area contributed by atoms with Crippen LogP contribution in [-0.2, 0) is 13.1 Å². The maximum absolute atomic E-state index is 13.9. The summed E-state index contributed by atoms with van der Waals surface area (Å²) in [5, 5.41) is 6.62. The highest BCUT2D eigenvalue weighted by Crippen LogP contribution is 2.24. The molecule has 6 nitrogen and oxygen atoms in total. The topological polar surface area (TPSA) is 70.7 Å². The van der Waals surface area contributed by atoms with Gasteiger partial charge in [-0.25, -0.2) is 8.78 Å². The Hall–Kier alpha value is -3.39. The van der Waals surface area contributed by atoms with E-state index in [1.54, 1.807) is 0 Å². The van der Waals surface area contributed by atoms with Gasteiger partial charge in [0.15, 0.2) is 11.5 Å². The molecule has 2 heterocycles. The van der Waals surface area contributed by atoms with Crippen molar-refractivity contribution in [3.63, 3.8) is 0 Å². The molecule has 0 spiro atoms. The zero-order chi connectivity index (χ0) is 23.2. The van der Waals surface area contributed by atoms with E-state index in [2.05, 4.69) is 51.3 Å². The fourth-order valence-corrected chi connectivity index (χ4v) is 4.01. The van der Waals surface area contributed by atoms with E-state index in [0.717, 1.165) is 50.2 Å². The molecule has 1 aliphatic heterocycles. The van der Waals surface area contributed by atoms with Gasteiger partial charge in [-0.05, 0) is 61.8 Å². The summed E-state index contributed by atoms with van der Waals surface area (Å²) in [5.41, 5.74) is 2.56. The van der Waals surface area contributed by atoms with E-state index in [0.29, 0.717) is 19.0 Å². The number of amides is 1. The number of hydrogen-bond acceptors (Lipinski definition) is 5. The predicted octanol–water partition coefficient (Wildman–Crippen LogP) is 4.46. The van der Waals surface area contributed by atoms with Gasteiger partial charge in [0.2, 0.25) is 0 Å². The van der Waals surface area contributed by atoms with Crippen LogP contribution in [0.2, 0.25) is 0 Å². The Kier molecular flexibility index (Phi) is 7.24. The lowest BCUT2D eigenvalue weighted by Gasteiger charge is -2.32. The summed E-state index contributed by atoms with van der Waals surface area (Å²) < 4.78 is 32.1. The summed E-state index contributed by atoms with van der Waals surface area (Å²) in [6.45, 7) is 7.54. The molecule has 8 heteroatoms. The smallest absolute Gasteiger partial charge is 0.273 e. The zero-order valence-corrected chi connectivity index (χ0v) is 18.3. The molecule has 1 aromatic heterocycles. The Morgan fingerprint density at radius 1 is 1.12 bits per heavy atom. The first-order chi connectivity index (χ1) is 16.0. The van der Waals surface area contributed by atoms with Crippen molar-refractivity contribution in [2.75, 3.05) is 19.6 Å². The summed E-state index contributed by atoms with van der Waals surface area (Å²) in [6, 6.07) is 13.0. The largest absolute Gasteiger partial charge is 0.355 e. The first-order valence-corrected chi connectivity index (χ1v) is 10.9. The van der Waals surface area contributed by atoms with Crippen molar-refractivity contribution in [3.8, 4) is 11.3 Å². The summed E-state index contributed by atoms with van der Waals surface area (Å²) >= 11 is 0. The van der Waals surface area contributed by atoms with Crippen molar-refractivity contribution in [2.24, 2.45) is 10.9 Å². The number of hydrogen-bond donors (Lipinski definition) is 1. The lowest BCUT2D eigenvalue weighted by Crippen LogP contribution is -2.38. The molecular formula is C25H26F2N4O2. The monoisotopic (exact) mass is 452 g/mol. The number of nitrogens with one attached hydrogen (secondary N) is 1. The first kappa shape index (κ1) is 22.8. The minimum Gasteiger partial charge on any atom is -0.355 e. The Morgan fingerprint density at radius 2 is 1.85 bits per heavy atom. The van der Waals surface area contributed by atoms with E-state index in [1.807, 2.05) is 0 Å².